The number of aliphatic imine (C=N–C) groups is 1. The summed E-state index contributed by atoms with van der Waals surface area (Å²) in [5.74, 6) is 1.58. The molecule has 0 aromatic heterocycles. The molecule has 1 unspecified atom stereocenters. The van der Waals surface area contributed by atoms with Gasteiger partial charge in [0.2, 0.25) is 0 Å². The second kappa shape index (κ2) is 10.0. The molecule has 5 heteroatoms. The summed E-state index contributed by atoms with van der Waals surface area (Å²) in [4.78, 5) is 4.46. The topological polar surface area (TPSA) is 51.1 Å². The highest BCUT2D eigenvalue weighted by molar-refractivity contribution is 14.1. The maximum Gasteiger partial charge on any atom is 0.180 e. The zero-order chi connectivity index (χ0) is 17.3. The van der Waals surface area contributed by atoms with Gasteiger partial charge in [-0.25, -0.2) is 4.99 Å². The van der Waals surface area contributed by atoms with Gasteiger partial charge >= 0.3 is 0 Å². The van der Waals surface area contributed by atoms with Crippen LogP contribution in [0.2, 0.25) is 0 Å². The number of aliphatic hydroxyl groups is 1. The number of allylic oxidation sites excluding steroid dienone is 1. The number of hydrogen-bond acceptors (Lipinski definition) is 4. The van der Waals surface area contributed by atoms with E-state index in [1.807, 2.05) is 19.1 Å². The van der Waals surface area contributed by atoms with Gasteiger partial charge in [-0.15, -0.1) is 0 Å². The molecule has 0 radical (unpaired) electrons. The fourth-order valence-electron chi connectivity index (χ4n) is 2.67. The van der Waals surface area contributed by atoms with Crippen LogP contribution in [-0.4, -0.2) is 36.4 Å². The fraction of sp³-hybridized carbons (Fsp3) is 0.526. The highest BCUT2D eigenvalue weighted by Gasteiger charge is 2.34. The third kappa shape index (κ3) is 6.09. The number of hydrogen-bond donors (Lipinski definition) is 1. The lowest BCUT2D eigenvalue weighted by molar-refractivity contribution is 0.150. The minimum absolute atomic E-state index is 0.0261. The Morgan fingerprint density at radius 2 is 2.12 bits per heavy atom. The maximum atomic E-state index is 9.62. The standard InChI is InChI=1S/C19H26INO3/c1-16-21-19(14-22,15-24-16)11-10-17-6-8-18(9-7-17)23-13-5-3-2-4-12-20/h4,6-9,12,22H,2-3,5,10-11,13-15H2,1H3. The largest absolute Gasteiger partial charge is 0.494 e. The summed E-state index contributed by atoms with van der Waals surface area (Å²) >= 11 is 2.24. The van der Waals surface area contributed by atoms with Gasteiger partial charge in [0, 0.05) is 6.92 Å². The molecule has 1 aromatic rings. The number of benzene rings is 1. The Balaban J connectivity index is 1.74. The summed E-state index contributed by atoms with van der Waals surface area (Å²) in [6, 6.07) is 8.22. The first-order valence-corrected chi connectivity index (χ1v) is 9.69. The predicted molar refractivity (Wildman–Crippen MR) is 106 cm³/mol. The molecule has 0 saturated carbocycles. The molecule has 2 rings (SSSR count). The zero-order valence-electron chi connectivity index (χ0n) is 14.2. The maximum absolute atomic E-state index is 9.62. The second-order valence-corrected chi connectivity index (χ2v) is 6.87. The molecule has 1 N–H and O–H groups in total. The van der Waals surface area contributed by atoms with Crippen molar-refractivity contribution >= 4 is 28.5 Å². The van der Waals surface area contributed by atoms with Crippen LogP contribution < -0.4 is 4.74 Å². The first kappa shape index (κ1) is 19.2. The molecule has 0 aliphatic carbocycles. The van der Waals surface area contributed by atoms with Crippen LogP contribution in [0.15, 0.2) is 39.4 Å². The smallest absolute Gasteiger partial charge is 0.180 e. The van der Waals surface area contributed by atoms with Gasteiger partial charge < -0.3 is 14.6 Å². The SMILES string of the molecule is CC1=NC(CO)(CCc2ccc(OCCCCC=CI)cc2)CO1. The van der Waals surface area contributed by atoms with Crippen molar-refractivity contribution in [1.82, 2.24) is 0 Å². The van der Waals surface area contributed by atoms with Gasteiger partial charge in [-0.05, 0) is 53.9 Å². The Hall–Kier alpha value is -1.08. The van der Waals surface area contributed by atoms with Gasteiger partial charge in [-0.2, -0.15) is 0 Å². The van der Waals surface area contributed by atoms with Gasteiger partial charge in [0.15, 0.2) is 5.90 Å². The van der Waals surface area contributed by atoms with Gasteiger partial charge in [-0.1, -0.05) is 40.8 Å². The van der Waals surface area contributed by atoms with E-state index >= 15 is 0 Å². The molecule has 1 aromatic carbocycles. The lowest BCUT2D eigenvalue weighted by Crippen LogP contribution is -2.33. The van der Waals surface area contributed by atoms with E-state index in [1.54, 1.807) is 0 Å². The van der Waals surface area contributed by atoms with Crippen molar-refractivity contribution < 1.29 is 14.6 Å². The van der Waals surface area contributed by atoms with E-state index in [0.29, 0.717) is 12.5 Å². The fourth-order valence-corrected chi connectivity index (χ4v) is 3.03. The number of rotatable bonds is 10. The van der Waals surface area contributed by atoms with E-state index in [2.05, 4.69) is 49.9 Å². The van der Waals surface area contributed by atoms with Crippen LogP contribution in [0.25, 0.3) is 0 Å². The van der Waals surface area contributed by atoms with Crippen molar-refractivity contribution in [3.05, 3.63) is 40.0 Å². The molecule has 0 fully saturated rings. The van der Waals surface area contributed by atoms with Crippen LogP contribution in [0.4, 0.5) is 0 Å². The molecule has 0 spiro atoms. The second-order valence-electron chi connectivity index (χ2n) is 6.15. The Labute approximate surface area is 158 Å². The van der Waals surface area contributed by atoms with Crippen LogP contribution in [0.3, 0.4) is 0 Å². The molecule has 0 amide bonds. The number of halogens is 1. The molecule has 1 heterocycles. The highest BCUT2D eigenvalue weighted by Crippen LogP contribution is 2.25. The van der Waals surface area contributed by atoms with Crippen LogP contribution >= 0.6 is 22.6 Å². The molecule has 1 aliphatic heterocycles. The van der Waals surface area contributed by atoms with E-state index in [-0.39, 0.29) is 6.61 Å². The number of ether oxygens (including phenoxy) is 2. The monoisotopic (exact) mass is 443 g/mol. The number of aryl methyl sites for hydroxylation is 1. The Morgan fingerprint density at radius 3 is 2.75 bits per heavy atom. The minimum Gasteiger partial charge on any atom is -0.494 e. The molecular weight excluding hydrogens is 417 g/mol. The van der Waals surface area contributed by atoms with Crippen LogP contribution in [0.5, 0.6) is 5.75 Å². The highest BCUT2D eigenvalue weighted by atomic mass is 127. The molecule has 1 atom stereocenters. The van der Waals surface area contributed by atoms with E-state index in [1.165, 1.54) is 5.56 Å². The number of aliphatic hydroxyl groups excluding tert-OH is 1. The molecule has 0 saturated heterocycles. The van der Waals surface area contributed by atoms with Crippen LogP contribution in [-0.2, 0) is 11.2 Å². The van der Waals surface area contributed by atoms with Crippen molar-refractivity contribution in [3.8, 4) is 5.75 Å². The average Bonchev–Trinajstić information content (AvgIpc) is 2.99. The summed E-state index contributed by atoms with van der Waals surface area (Å²) in [5, 5.41) is 9.62. The average molecular weight is 443 g/mol. The predicted octanol–water partition coefficient (Wildman–Crippen LogP) is 4.30. The molecule has 132 valence electrons. The number of unbranched alkanes of at least 4 members (excludes halogenated alkanes) is 2. The summed E-state index contributed by atoms with van der Waals surface area (Å²) < 4.78 is 13.2. The van der Waals surface area contributed by atoms with Gasteiger partial charge in [-0.3, -0.25) is 0 Å². The first-order valence-electron chi connectivity index (χ1n) is 8.44. The van der Waals surface area contributed by atoms with Gasteiger partial charge in [0.1, 0.15) is 17.9 Å². The Morgan fingerprint density at radius 1 is 1.33 bits per heavy atom. The summed E-state index contributed by atoms with van der Waals surface area (Å²) in [6.07, 6.45) is 7.16. The summed E-state index contributed by atoms with van der Waals surface area (Å²) in [5.41, 5.74) is 0.758. The molecular formula is C19H26INO3. The van der Waals surface area contributed by atoms with Crippen LogP contribution in [0, 0.1) is 0 Å². The van der Waals surface area contributed by atoms with Gasteiger partial charge in [0.05, 0.1) is 13.2 Å². The quantitative estimate of drug-likeness (QED) is 0.434. The molecule has 1 aliphatic rings. The Bertz CT molecular complexity index is 556. The molecule has 24 heavy (non-hydrogen) atoms. The van der Waals surface area contributed by atoms with Gasteiger partial charge in [0.25, 0.3) is 0 Å². The molecule has 0 bridgehead atoms. The lowest BCUT2D eigenvalue weighted by Gasteiger charge is -2.21. The van der Waals surface area contributed by atoms with Crippen molar-refractivity contribution in [2.75, 3.05) is 19.8 Å². The molecule has 4 nitrogen and oxygen atoms in total. The van der Waals surface area contributed by atoms with Crippen molar-refractivity contribution in [2.45, 2.75) is 44.6 Å². The van der Waals surface area contributed by atoms with Crippen molar-refractivity contribution in [1.29, 1.82) is 0 Å². The third-order valence-corrected chi connectivity index (χ3v) is 4.67. The van der Waals surface area contributed by atoms with E-state index < -0.39 is 5.54 Å². The summed E-state index contributed by atoms with van der Waals surface area (Å²) in [6.45, 7) is 3.09. The number of nitrogens with zero attached hydrogens (tertiary/aromatic N) is 1. The minimum atomic E-state index is -0.467. The zero-order valence-corrected chi connectivity index (χ0v) is 16.4. The van der Waals surface area contributed by atoms with Crippen molar-refractivity contribution in [2.24, 2.45) is 4.99 Å². The third-order valence-electron chi connectivity index (χ3n) is 4.16. The van der Waals surface area contributed by atoms with E-state index in [0.717, 1.165) is 44.5 Å². The van der Waals surface area contributed by atoms with E-state index in [4.69, 9.17) is 9.47 Å². The van der Waals surface area contributed by atoms with Crippen LogP contribution in [0.1, 0.15) is 38.2 Å². The van der Waals surface area contributed by atoms with E-state index in [9.17, 15) is 5.11 Å². The van der Waals surface area contributed by atoms with Crippen molar-refractivity contribution in [3.63, 3.8) is 0 Å². The first-order chi connectivity index (χ1) is 11.7. The Kier molecular flexibility index (Phi) is 8.05. The lowest BCUT2D eigenvalue weighted by atomic mass is 9.94. The normalized spacial score (nSPS) is 20.2. The summed E-state index contributed by atoms with van der Waals surface area (Å²) in [7, 11) is 0.